The maximum atomic E-state index is 13.2. The molecule has 1 fully saturated rings. The van der Waals surface area contributed by atoms with Crippen molar-refractivity contribution in [3.63, 3.8) is 0 Å². The van der Waals surface area contributed by atoms with Crippen molar-refractivity contribution in [1.29, 1.82) is 0 Å². The van der Waals surface area contributed by atoms with Crippen molar-refractivity contribution in [3.8, 4) is 5.75 Å². The third-order valence-corrected chi connectivity index (χ3v) is 3.98. The molecule has 19 heavy (non-hydrogen) atoms. The monoisotopic (exact) mass is 329 g/mol. The third-order valence-electron chi connectivity index (χ3n) is 3.52. The van der Waals surface area contributed by atoms with Crippen LogP contribution in [0.3, 0.4) is 0 Å². The molecule has 0 bridgehead atoms. The summed E-state index contributed by atoms with van der Waals surface area (Å²) in [4.78, 5) is 14.2. The summed E-state index contributed by atoms with van der Waals surface area (Å²) in [7, 11) is 0. The van der Waals surface area contributed by atoms with Gasteiger partial charge in [-0.25, -0.2) is 4.39 Å². The van der Waals surface area contributed by atoms with E-state index < -0.39 is 5.82 Å². The lowest BCUT2D eigenvalue weighted by molar-refractivity contribution is 0.0606. The minimum absolute atomic E-state index is 0.0569. The van der Waals surface area contributed by atoms with E-state index in [2.05, 4.69) is 15.9 Å². The molecule has 1 heterocycles. The van der Waals surface area contributed by atoms with Crippen molar-refractivity contribution in [2.24, 2.45) is 0 Å². The molecule has 3 nitrogen and oxygen atoms in total. The van der Waals surface area contributed by atoms with E-state index in [4.69, 9.17) is 0 Å². The maximum Gasteiger partial charge on any atom is 0.257 e. The predicted molar refractivity (Wildman–Crippen MR) is 75.2 cm³/mol. The Morgan fingerprint density at radius 3 is 3.00 bits per heavy atom. The zero-order valence-corrected chi connectivity index (χ0v) is 12.2. The number of carbonyl (C=O) groups excluding carboxylic acids is 1. The van der Waals surface area contributed by atoms with Crippen LogP contribution >= 0.6 is 15.9 Å². The number of phenols is 1. The van der Waals surface area contributed by atoms with E-state index in [1.54, 1.807) is 4.90 Å². The molecular weight excluding hydrogens is 313 g/mol. The number of phenolic OH excluding ortho intramolecular Hbond substituents is 1. The highest BCUT2D eigenvalue weighted by Gasteiger charge is 2.28. The summed E-state index contributed by atoms with van der Waals surface area (Å²) in [6.45, 7) is 0.673. The summed E-state index contributed by atoms with van der Waals surface area (Å²) in [5.41, 5.74) is 0.0569. The Bertz CT molecular complexity index is 465. The molecule has 1 aromatic rings. The fourth-order valence-corrected chi connectivity index (χ4v) is 3.06. The van der Waals surface area contributed by atoms with Gasteiger partial charge in [-0.3, -0.25) is 4.79 Å². The standard InChI is InChI=1S/C14H17BrFNO2/c15-7-6-11-3-1-2-8-17(11)14(19)12-9-10(16)4-5-13(12)18/h4-5,9,11,18H,1-3,6-8H2. The Kier molecular flexibility index (Phi) is 4.80. The number of halogens is 2. The predicted octanol–water partition coefficient (Wildman–Crippen LogP) is 3.31. The second-order valence-electron chi connectivity index (χ2n) is 4.79. The summed E-state index contributed by atoms with van der Waals surface area (Å²) < 4.78 is 13.2. The van der Waals surface area contributed by atoms with Gasteiger partial charge in [-0.15, -0.1) is 0 Å². The van der Waals surface area contributed by atoms with Crippen LogP contribution in [0, 0.1) is 5.82 Å². The first-order valence-corrected chi connectivity index (χ1v) is 7.61. The molecule has 1 aliphatic heterocycles. The van der Waals surface area contributed by atoms with Crippen LogP contribution in [0.15, 0.2) is 18.2 Å². The van der Waals surface area contributed by atoms with Crippen molar-refractivity contribution in [2.75, 3.05) is 11.9 Å². The molecule has 1 aliphatic rings. The summed E-state index contributed by atoms with van der Waals surface area (Å²) in [6, 6.07) is 3.66. The van der Waals surface area contributed by atoms with Crippen LogP contribution in [0.25, 0.3) is 0 Å². The molecule has 0 radical (unpaired) electrons. The Labute approximate surface area is 120 Å². The van der Waals surface area contributed by atoms with Crippen molar-refractivity contribution in [2.45, 2.75) is 31.7 Å². The number of benzene rings is 1. The number of likely N-dealkylation sites (tertiary alicyclic amines) is 1. The normalized spacial score (nSPS) is 19.5. The number of hydrogen-bond acceptors (Lipinski definition) is 2. The Balaban J connectivity index is 2.23. The lowest BCUT2D eigenvalue weighted by Gasteiger charge is -2.35. The second-order valence-corrected chi connectivity index (χ2v) is 5.58. The fourth-order valence-electron chi connectivity index (χ4n) is 2.53. The molecular formula is C14H17BrFNO2. The van der Waals surface area contributed by atoms with Crippen molar-refractivity contribution >= 4 is 21.8 Å². The smallest absolute Gasteiger partial charge is 0.257 e. The molecule has 1 saturated heterocycles. The van der Waals surface area contributed by atoms with Crippen LogP contribution in [-0.4, -0.2) is 33.8 Å². The Hall–Kier alpha value is -1.10. The van der Waals surface area contributed by atoms with Gasteiger partial charge in [-0.05, 0) is 43.9 Å². The average Bonchev–Trinajstić information content (AvgIpc) is 2.42. The van der Waals surface area contributed by atoms with E-state index in [9.17, 15) is 14.3 Å². The summed E-state index contributed by atoms with van der Waals surface area (Å²) in [5, 5.41) is 10.6. The maximum absolute atomic E-state index is 13.2. The molecule has 104 valence electrons. The number of amides is 1. The van der Waals surface area contributed by atoms with Gasteiger partial charge in [0, 0.05) is 17.9 Å². The van der Waals surface area contributed by atoms with Crippen molar-refractivity contribution in [1.82, 2.24) is 4.90 Å². The van der Waals surface area contributed by atoms with E-state index in [0.29, 0.717) is 6.54 Å². The van der Waals surface area contributed by atoms with Crippen LogP contribution in [-0.2, 0) is 0 Å². The van der Waals surface area contributed by atoms with Gasteiger partial charge in [0.25, 0.3) is 5.91 Å². The second kappa shape index (κ2) is 6.37. The van der Waals surface area contributed by atoms with E-state index in [1.165, 1.54) is 6.07 Å². The summed E-state index contributed by atoms with van der Waals surface area (Å²) >= 11 is 3.40. The van der Waals surface area contributed by atoms with Gasteiger partial charge >= 0.3 is 0 Å². The van der Waals surface area contributed by atoms with Crippen LogP contribution in [0.4, 0.5) is 4.39 Å². The minimum atomic E-state index is -0.504. The van der Waals surface area contributed by atoms with Gasteiger partial charge in [-0.1, -0.05) is 15.9 Å². The first kappa shape index (κ1) is 14.3. The van der Waals surface area contributed by atoms with E-state index in [1.807, 2.05) is 0 Å². The number of aromatic hydroxyl groups is 1. The molecule has 1 aromatic carbocycles. The quantitative estimate of drug-likeness (QED) is 0.864. The SMILES string of the molecule is O=C(c1cc(F)ccc1O)N1CCCCC1CCBr. The van der Waals surface area contributed by atoms with Gasteiger partial charge in [-0.2, -0.15) is 0 Å². The lowest BCUT2D eigenvalue weighted by atomic mass is 9.98. The van der Waals surface area contributed by atoms with E-state index in [0.717, 1.165) is 43.1 Å². The molecule has 0 aromatic heterocycles. The van der Waals surface area contributed by atoms with Crippen molar-refractivity contribution in [3.05, 3.63) is 29.6 Å². The molecule has 5 heteroatoms. The molecule has 0 saturated carbocycles. The molecule has 1 atom stereocenters. The topological polar surface area (TPSA) is 40.5 Å². The van der Waals surface area contributed by atoms with Gasteiger partial charge in [0.05, 0.1) is 5.56 Å². The third kappa shape index (κ3) is 3.26. The Morgan fingerprint density at radius 2 is 2.26 bits per heavy atom. The van der Waals surface area contributed by atoms with Gasteiger partial charge in [0.2, 0.25) is 0 Å². The van der Waals surface area contributed by atoms with Crippen LogP contribution in [0.2, 0.25) is 0 Å². The number of nitrogens with zero attached hydrogens (tertiary/aromatic N) is 1. The van der Waals surface area contributed by atoms with Crippen LogP contribution in [0.5, 0.6) is 5.75 Å². The lowest BCUT2D eigenvalue weighted by Crippen LogP contribution is -2.44. The first-order chi connectivity index (χ1) is 9.13. The summed E-state index contributed by atoms with van der Waals surface area (Å²) in [5.74, 6) is -0.938. The zero-order valence-electron chi connectivity index (χ0n) is 10.6. The molecule has 1 N–H and O–H groups in total. The Morgan fingerprint density at radius 1 is 1.47 bits per heavy atom. The zero-order chi connectivity index (χ0) is 13.8. The van der Waals surface area contributed by atoms with Gasteiger partial charge in [0.15, 0.2) is 0 Å². The van der Waals surface area contributed by atoms with E-state index in [-0.39, 0.29) is 23.3 Å². The number of hydrogen-bond donors (Lipinski definition) is 1. The van der Waals surface area contributed by atoms with Crippen molar-refractivity contribution < 1.29 is 14.3 Å². The highest BCUT2D eigenvalue weighted by Crippen LogP contribution is 2.26. The number of carbonyl (C=O) groups is 1. The highest BCUT2D eigenvalue weighted by atomic mass is 79.9. The molecule has 0 spiro atoms. The number of alkyl halides is 1. The summed E-state index contributed by atoms with van der Waals surface area (Å²) in [6.07, 6.45) is 3.91. The number of piperidine rings is 1. The molecule has 2 rings (SSSR count). The number of rotatable bonds is 3. The minimum Gasteiger partial charge on any atom is -0.507 e. The van der Waals surface area contributed by atoms with Gasteiger partial charge in [0.1, 0.15) is 11.6 Å². The van der Waals surface area contributed by atoms with Crippen LogP contribution < -0.4 is 0 Å². The largest absolute Gasteiger partial charge is 0.507 e. The average molecular weight is 330 g/mol. The van der Waals surface area contributed by atoms with Gasteiger partial charge < -0.3 is 10.0 Å². The molecule has 0 aliphatic carbocycles. The highest BCUT2D eigenvalue weighted by molar-refractivity contribution is 9.09. The molecule has 1 unspecified atom stereocenters. The first-order valence-electron chi connectivity index (χ1n) is 6.49. The van der Waals surface area contributed by atoms with Crippen LogP contribution in [0.1, 0.15) is 36.0 Å². The molecule has 1 amide bonds. The van der Waals surface area contributed by atoms with E-state index >= 15 is 0 Å². The fraction of sp³-hybridized carbons (Fsp3) is 0.500.